The van der Waals surface area contributed by atoms with E-state index in [2.05, 4.69) is 6.92 Å². The summed E-state index contributed by atoms with van der Waals surface area (Å²) in [5, 5.41) is 0. The second-order valence-corrected chi connectivity index (χ2v) is 5.73. The van der Waals surface area contributed by atoms with Gasteiger partial charge in [0.05, 0.1) is 18.3 Å². The third kappa shape index (κ3) is 4.57. The lowest BCUT2D eigenvalue weighted by Gasteiger charge is -2.28. The van der Waals surface area contributed by atoms with Crippen LogP contribution in [0.25, 0.3) is 0 Å². The summed E-state index contributed by atoms with van der Waals surface area (Å²) < 4.78 is 11.4. The van der Waals surface area contributed by atoms with Gasteiger partial charge in [0, 0.05) is 0 Å². The van der Waals surface area contributed by atoms with Crippen molar-refractivity contribution in [3.63, 3.8) is 0 Å². The molecular weight excluding hydrogens is 264 g/mol. The molecule has 3 nitrogen and oxygen atoms in total. The number of Topliss-reactive ketones (excluding diaryl/α,β-unsaturated/α-hetero) is 1. The maximum atomic E-state index is 12.3. The molecule has 0 saturated heterocycles. The van der Waals surface area contributed by atoms with Crippen molar-refractivity contribution >= 4 is 5.78 Å². The molecule has 116 valence electrons. The smallest absolute Gasteiger partial charge is 0.192 e. The zero-order valence-corrected chi connectivity index (χ0v) is 13.1. The van der Waals surface area contributed by atoms with Crippen molar-refractivity contribution in [2.75, 3.05) is 13.2 Å². The van der Waals surface area contributed by atoms with Crippen LogP contribution >= 0.6 is 0 Å². The van der Waals surface area contributed by atoms with E-state index in [1.807, 2.05) is 31.2 Å². The molecule has 1 aromatic rings. The first-order chi connectivity index (χ1) is 10.2. The zero-order valence-electron chi connectivity index (χ0n) is 13.1. The molecule has 1 aliphatic rings. The number of hydrogen-bond acceptors (Lipinski definition) is 3. The van der Waals surface area contributed by atoms with Gasteiger partial charge in [0.2, 0.25) is 0 Å². The number of ether oxygens (including phenoxy) is 2. The SMILES string of the molecule is CCOc1ccccc1C(=O)COC1CCCC(CC)C1. The van der Waals surface area contributed by atoms with Gasteiger partial charge >= 0.3 is 0 Å². The molecule has 1 aromatic carbocycles. The van der Waals surface area contributed by atoms with Crippen LogP contribution in [0.3, 0.4) is 0 Å². The first-order valence-electron chi connectivity index (χ1n) is 8.11. The first kappa shape index (κ1) is 16.0. The Bertz CT molecular complexity index is 456. The molecule has 2 unspecified atom stereocenters. The highest BCUT2D eigenvalue weighted by Gasteiger charge is 2.22. The molecule has 1 aliphatic carbocycles. The topological polar surface area (TPSA) is 35.5 Å². The van der Waals surface area contributed by atoms with Crippen LogP contribution in [0.4, 0.5) is 0 Å². The zero-order chi connectivity index (χ0) is 15.1. The molecule has 0 aliphatic heterocycles. The highest BCUT2D eigenvalue weighted by molar-refractivity contribution is 5.99. The summed E-state index contributed by atoms with van der Waals surface area (Å²) in [4.78, 5) is 12.3. The highest BCUT2D eigenvalue weighted by Crippen LogP contribution is 2.28. The molecule has 1 saturated carbocycles. The molecular formula is C18H26O3. The maximum absolute atomic E-state index is 12.3. The van der Waals surface area contributed by atoms with Gasteiger partial charge in [0.1, 0.15) is 12.4 Å². The molecule has 2 atom stereocenters. The van der Waals surface area contributed by atoms with Crippen LogP contribution in [0, 0.1) is 5.92 Å². The van der Waals surface area contributed by atoms with E-state index in [0.29, 0.717) is 17.9 Å². The van der Waals surface area contributed by atoms with Gasteiger partial charge in [-0.15, -0.1) is 0 Å². The van der Waals surface area contributed by atoms with Crippen LogP contribution in [0.5, 0.6) is 5.75 Å². The standard InChI is InChI=1S/C18H26O3/c1-3-14-8-7-9-15(12-14)21-13-17(19)16-10-5-6-11-18(16)20-4-2/h5-6,10-11,14-15H,3-4,7-9,12-13H2,1-2H3. The molecule has 1 fully saturated rings. The molecule has 0 spiro atoms. The lowest BCUT2D eigenvalue weighted by molar-refractivity contribution is 0.0155. The average molecular weight is 290 g/mol. The summed E-state index contributed by atoms with van der Waals surface area (Å²) in [6.45, 7) is 4.87. The monoisotopic (exact) mass is 290 g/mol. The minimum Gasteiger partial charge on any atom is -0.493 e. The van der Waals surface area contributed by atoms with E-state index >= 15 is 0 Å². The van der Waals surface area contributed by atoms with Gasteiger partial charge in [-0.2, -0.15) is 0 Å². The van der Waals surface area contributed by atoms with Crippen molar-refractivity contribution in [2.45, 2.75) is 52.1 Å². The normalized spacial score (nSPS) is 22.0. The van der Waals surface area contributed by atoms with Gasteiger partial charge in [0.25, 0.3) is 0 Å². The molecule has 0 radical (unpaired) electrons. The summed E-state index contributed by atoms with van der Waals surface area (Å²) in [6.07, 6.45) is 6.14. The lowest BCUT2D eigenvalue weighted by Crippen LogP contribution is -2.25. The Hall–Kier alpha value is -1.35. The minimum absolute atomic E-state index is 0.0117. The van der Waals surface area contributed by atoms with Crippen molar-refractivity contribution in [1.82, 2.24) is 0 Å². The summed E-state index contributed by atoms with van der Waals surface area (Å²) in [6, 6.07) is 7.40. The molecule has 2 rings (SSSR count). The Labute approximate surface area is 127 Å². The van der Waals surface area contributed by atoms with Crippen LogP contribution < -0.4 is 4.74 Å². The second kappa shape index (κ2) is 8.18. The Kier molecular flexibility index (Phi) is 6.24. The van der Waals surface area contributed by atoms with Crippen LogP contribution in [-0.2, 0) is 4.74 Å². The van der Waals surface area contributed by atoms with E-state index in [1.54, 1.807) is 0 Å². The van der Waals surface area contributed by atoms with Crippen LogP contribution in [0.15, 0.2) is 24.3 Å². The Balaban J connectivity index is 1.90. The van der Waals surface area contributed by atoms with Gasteiger partial charge in [-0.3, -0.25) is 4.79 Å². The number of rotatable bonds is 7. The molecule has 0 heterocycles. The molecule has 21 heavy (non-hydrogen) atoms. The van der Waals surface area contributed by atoms with E-state index in [4.69, 9.17) is 9.47 Å². The third-order valence-corrected chi connectivity index (χ3v) is 4.25. The van der Waals surface area contributed by atoms with Gasteiger partial charge in [0.15, 0.2) is 5.78 Å². The fraction of sp³-hybridized carbons (Fsp3) is 0.611. The summed E-state index contributed by atoms with van der Waals surface area (Å²) in [7, 11) is 0. The Morgan fingerprint density at radius 2 is 2.05 bits per heavy atom. The van der Waals surface area contributed by atoms with Crippen molar-refractivity contribution in [2.24, 2.45) is 5.92 Å². The summed E-state index contributed by atoms with van der Waals surface area (Å²) >= 11 is 0. The fourth-order valence-corrected chi connectivity index (χ4v) is 3.01. The van der Waals surface area contributed by atoms with E-state index < -0.39 is 0 Å². The number of ketones is 1. The van der Waals surface area contributed by atoms with Crippen LogP contribution in [0.1, 0.15) is 56.3 Å². The molecule has 0 bridgehead atoms. The Morgan fingerprint density at radius 1 is 1.24 bits per heavy atom. The van der Waals surface area contributed by atoms with Crippen molar-refractivity contribution < 1.29 is 14.3 Å². The van der Waals surface area contributed by atoms with Crippen molar-refractivity contribution in [3.8, 4) is 5.75 Å². The van der Waals surface area contributed by atoms with Gasteiger partial charge in [-0.1, -0.05) is 38.3 Å². The fourth-order valence-electron chi connectivity index (χ4n) is 3.01. The number of carbonyl (C=O) groups is 1. The van der Waals surface area contributed by atoms with Gasteiger partial charge in [-0.25, -0.2) is 0 Å². The quantitative estimate of drug-likeness (QED) is 0.704. The van der Waals surface area contributed by atoms with E-state index in [-0.39, 0.29) is 18.5 Å². The molecule has 3 heteroatoms. The van der Waals surface area contributed by atoms with Crippen LogP contribution in [-0.4, -0.2) is 25.1 Å². The first-order valence-corrected chi connectivity index (χ1v) is 8.11. The predicted octanol–water partition coefficient (Wildman–Crippen LogP) is 4.25. The highest BCUT2D eigenvalue weighted by atomic mass is 16.5. The van der Waals surface area contributed by atoms with Gasteiger partial charge < -0.3 is 9.47 Å². The van der Waals surface area contributed by atoms with E-state index in [1.165, 1.54) is 19.3 Å². The lowest BCUT2D eigenvalue weighted by atomic mass is 9.85. The number of carbonyl (C=O) groups excluding carboxylic acids is 1. The van der Waals surface area contributed by atoms with Gasteiger partial charge in [-0.05, 0) is 37.8 Å². The van der Waals surface area contributed by atoms with Crippen LogP contribution in [0.2, 0.25) is 0 Å². The summed E-state index contributed by atoms with van der Waals surface area (Å²) in [5.41, 5.74) is 0.627. The van der Waals surface area contributed by atoms with E-state index in [9.17, 15) is 4.79 Å². The third-order valence-electron chi connectivity index (χ3n) is 4.25. The van der Waals surface area contributed by atoms with E-state index in [0.717, 1.165) is 18.8 Å². The average Bonchev–Trinajstić information content (AvgIpc) is 2.53. The number of para-hydroxylation sites is 1. The minimum atomic E-state index is 0.0117. The second-order valence-electron chi connectivity index (χ2n) is 5.73. The summed E-state index contributed by atoms with van der Waals surface area (Å²) in [5.74, 6) is 1.43. The number of benzene rings is 1. The largest absolute Gasteiger partial charge is 0.493 e. The predicted molar refractivity (Wildman–Crippen MR) is 83.9 cm³/mol. The maximum Gasteiger partial charge on any atom is 0.192 e. The number of hydrogen-bond donors (Lipinski definition) is 0. The molecule has 0 amide bonds. The Morgan fingerprint density at radius 3 is 2.81 bits per heavy atom. The molecule has 0 N–H and O–H groups in total. The van der Waals surface area contributed by atoms with Crippen molar-refractivity contribution in [1.29, 1.82) is 0 Å². The molecule has 0 aromatic heterocycles. The van der Waals surface area contributed by atoms with Crippen molar-refractivity contribution in [3.05, 3.63) is 29.8 Å².